The third-order valence-corrected chi connectivity index (χ3v) is 4.32. The fraction of sp³-hybridized carbons (Fsp3) is 0.316. The quantitative estimate of drug-likeness (QED) is 0.903. The highest BCUT2D eigenvalue weighted by atomic mass is 35.5. The summed E-state index contributed by atoms with van der Waals surface area (Å²) in [5, 5.41) is 9.62. The summed E-state index contributed by atoms with van der Waals surface area (Å²) in [6, 6.07) is 17.6. The maximum Gasteiger partial charge on any atom is 0.325 e. The Bertz CT molecular complexity index is 622. The van der Waals surface area contributed by atoms with Crippen LogP contribution in [-0.2, 0) is 4.79 Å². The molecule has 0 spiro atoms. The van der Waals surface area contributed by atoms with Gasteiger partial charge in [0.2, 0.25) is 0 Å². The molecular weight excluding hydrogens is 310 g/mol. The molecule has 1 N–H and O–H groups in total. The Morgan fingerprint density at radius 1 is 0.870 bits per heavy atom. The largest absolute Gasteiger partial charge is 0.480 e. The molecule has 0 aromatic heterocycles. The second-order valence-corrected chi connectivity index (χ2v) is 5.83. The number of halogens is 1. The molecule has 1 aliphatic rings. The van der Waals surface area contributed by atoms with Crippen molar-refractivity contribution in [3.8, 4) is 11.1 Å². The monoisotopic (exact) mass is 331 g/mol. The molecule has 0 amide bonds. The molecular formula is C19H22ClNO2. The number of carboxylic acids is 1. The van der Waals surface area contributed by atoms with Crippen LogP contribution in [0.4, 0.5) is 0 Å². The fourth-order valence-electron chi connectivity index (χ4n) is 3.17. The zero-order chi connectivity index (χ0) is 15.4. The van der Waals surface area contributed by atoms with Crippen LogP contribution in [0.1, 0.15) is 30.9 Å². The van der Waals surface area contributed by atoms with Crippen LogP contribution in [0.2, 0.25) is 0 Å². The molecule has 1 unspecified atom stereocenters. The number of nitrogens with zero attached hydrogens (tertiary/aromatic N) is 1. The average molecular weight is 332 g/mol. The van der Waals surface area contributed by atoms with Gasteiger partial charge in [-0.3, -0.25) is 9.69 Å². The summed E-state index contributed by atoms with van der Waals surface area (Å²) in [7, 11) is 0. The first-order valence-electron chi connectivity index (χ1n) is 7.88. The zero-order valence-electron chi connectivity index (χ0n) is 13.0. The molecule has 1 atom stereocenters. The lowest BCUT2D eigenvalue weighted by atomic mass is 9.98. The minimum absolute atomic E-state index is 0. The molecule has 3 rings (SSSR count). The second kappa shape index (κ2) is 8.14. The van der Waals surface area contributed by atoms with E-state index >= 15 is 0 Å². The predicted octanol–water partition coefficient (Wildman–Crippen LogP) is 4.39. The van der Waals surface area contributed by atoms with E-state index in [0.29, 0.717) is 0 Å². The lowest BCUT2D eigenvalue weighted by Crippen LogP contribution is -2.37. The first kappa shape index (κ1) is 17.5. The molecule has 122 valence electrons. The number of aliphatic carboxylic acids is 1. The molecule has 0 aliphatic carbocycles. The summed E-state index contributed by atoms with van der Waals surface area (Å²) in [6.07, 6.45) is 3.38. The van der Waals surface area contributed by atoms with Crippen LogP contribution in [0, 0.1) is 0 Å². The van der Waals surface area contributed by atoms with Gasteiger partial charge in [-0.15, -0.1) is 12.4 Å². The first-order chi connectivity index (χ1) is 10.8. The van der Waals surface area contributed by atoms with Crippen LogP contribution in [0.3, 0.4) is 0 Å². The van der Waals surface area contributed by atoms with E-state index < -0.39 is 12.0 Å². The van der Waals surface area contributed by atoms with E-state index in [1.54, 1.807) is 0 Å². The van der Waals surface area contributed by atoms with Gasteiger partial charge in [-0.2, -0.15) is 0 Å². The Morgan fingerprint density at radius 2 is 1.43 bits per heavy atom. The van der Waals surface area contributed by atoms with Crippen LogP contribution in [0.15, 0.2) is 54.6 Å². The van der Waals surface area contributed by atoms with Crippen LogP contribution in [0.25, 0.3) is 11.1 Å². The van der Waals surface area contributed by atoms with Crippen LogP contribution in [-0.4, -0.2) is 29.1 Å². The van der Waals surface area contributed by atoms with Gasteiger partial charge >= 0.3 is 5.97 Å². The number of rotatable bonds is 4. The summed E-state index contributed by atoms with van der Waals surface area (Å²) in [6.45, 7) is 1.74. The van der Waals surface area contributed by atoms with Crippen molar-refractivity contribution in [2.24, 2.45) is 0 Å². The Hall–Kier alpha value is -1.84. The van der Waals surface area contributed by atoms with Gasteiger partial charge in [-0.25, -0.2) is 0 Å². The Balaban J connectivity index is 0.00000192. The van der Waals surface area contributed by atoms with E-state index in [4.69, 9.17) is 0 Å². The highest BCUT2D eigenvalue weighted by Gasteiger charge is 2.28. The third kappa shape index (κ3) is 4.12. The number of hydrogen-bond donors (Lipinski definition) is 1. The summed E-state index contributed by atoms with van der Waals surface area (Å²) >= 11 is 0. The summed E-state index contributed by atoms with van der Waals surface area (Å²) < 4.78 is 0. The van der Waals surface area contributed by atoms with Crippen LogP contribution in [0.5, 0.6) is 0 Å². The van der Waals surface area contributed by atoms with E-state index in [9.17, 15) is 9.90 Å². The van der Waals surface area contributed by atoms with Crippen molar-refractivity contribution in [1.82, 2.24) is 4.90 Å². The summed E-state index contributed by atoms with van der Waals surface area (Å²) in [4.78, 5) is 13.8. The first-order valence-corrected chi connectivity index (χ1v) is 7.88. The molecule has 1 fully saturated rings. The normalized spacial score (nSPS) is 16.3. The molecule has 3 nitrogen and oxygen atoms in total. The van der Waals surface area contributed by atoms with Crippen LogP contribution < -0.4 is 0 Å². The average Bonchev–Trinajstić information content (AvgIpc) is 2.57. The van der Waals surface area contributed by atoms with Crippen molar-refractivity contribution >= 4 is 18.4 Å². The molecule has 0 saturated carbocycles. The highest BCUT2D eigenvalue weighted by molar-refractivity contribution is 5.85. The third-order valence-electron chi connectivity index (χ3n) is 4.32. The minimum atomic E-state index is -0.755. The van der Waals surface area contributed by atoms with Crippen molar-refractivity contribution in [2.45, 2.75) is 25.3 Å². The number of benzene rings is 2. The molecule has 23 heavy (non-hydrogen) atoms. The molecule has 2 aromatic rings. The Kier molecular flexibility index (Phi) is 6.20. The lowest BCUT2D eigenvalue weighted by Gasteiger charge is -2.32. The number of carbonyl (C=O) groups is 1. The highest BCUT2D eigenvalue weighted by Crippen LogP contribution is 2.27. The summed E-state index contributed by atoms with van der Waals surface area (Å²) in [5.41, 5.74) is 3.14. The Morgan fingerprint density at radius 3 is 2.00 bits per heavy atom. The van der Waals surface area contributed by atoms with Crippen molar-refractivity contribution in [1.29, 1.82) is 0 Å². The molecule has 0 bridgehead atoms. The van der Waals surface area contributed by atoms with Gasteiger partial charge in [-0.1, -0.05) is 61.0 Å². The van der Waals surface area contributed by atoms with Gasteiger partial charge in [-0.05, 0) is 42.6 Å². The smallest absolute Gasteiger partial charge is 0.325 e. The number of hydrogen-bond acceptors (Lipinski definition) is 2. The van der Waals surface area contributed by atoms with Gasteiger partial charge in [0.1, 0.15) is 6.04 Å². The molecule has 1 saturated heterocycles. The van der Waals surface area contributed by atoms with Gasteiger partial charge < -0.3 is 5.11 Å². The molecule has 1 heterocycles. The summed E-state index contributed by atoms with van der Waals surface area (Å²) in [5.74, 6) is -0.755. The zero-order valence-corrected chi connectivity index (χ0v) is 13.8. The number of piperidine rings is 1. The van der Waals surface area contributed by atoms with Crippen molar-refractivity contribution in [3.63, 3.8) is 0 Å². The van der Waals surface area contributed by atoms with E-state index in [2.05, 4.69) is 17.0 Å². The van der Waals surface area contributed by atoms with Crippen LogP contribution >= 0.6 is 12.4 Å². The Labute approximate surface area is 143 Å². The topological polar surface area (TPSA) is 40.5 Å². The molecule has 1 aliphatic heterocycles. The van der Waals surface area contributed by atoms with Gasteiger partial charge in [0.15, 0.2) is 0 Å². The lowest BCUT2D eigenvalue weighted by molar-refractivity contribution is -0.144. The van der Waals surface area contributed by atoms with Gasteiger partial charge in [0.05, 0.1) is 0 Å². The van der Waals surface area contributed by atoms with E-state index in [1.807, 2.05) is 42.5 Å². The van der Waals surface area contributed by atoms with Gasteiger partial charge in [0.25, 0.3) is 0 Å². The SMILES string of the molecule is Cl.O=C(O)C(c1ccc(-c2ccccc2)cc1)N1CCCCC1. The van der Waals surface area contributed by atoms with E-state index in [1.165, 1.54) is 6.42 Å². The fourth-order valence-corrected chi connectivity index (χ4v) is 3.17. The standard InChI is InChI=1S/C19H21NO2.ClH/c21-19(22)18(20-13-5-2-6-14-20)17-11-9-16(10-12-17)15-7-3-1-4-8-15;/h1,3-4,7-12,18H,2,5-6,13-14H2,(H,21,22);1H. The molecule has 2 aromatic carbocycles. The van der Waals surface area contributed by atoms with E-state index in [0.717, 1.165) is 42.6 Å². The minimum Gasteiger partial charge on any atom is -0.480 e. The predicted molar refractivity (Wildman–Crippen MR) is 94.9 cm³/mol. The van der Waals surface area contributed by atoms with Gasteiger partial charge in [0, 0.05) is 0 Å². The maximum absolute atomic E-state index is 11.7. The molecule has 0 radical (unpaired) electrons. The molecule has 4 heteroatoms. The van der Waals surface area contributed by atoms with Crippen molar-refractivity contribution in [2.75, 3.05) is 13.1 Å². The number of carboxylic acid groups (broad SMARTS) is 1. The van der Waals surface area contributed by atoms with Crippen molar-refractivity contribution in [3.05, 3.63) is 60.2 Å². The van der Waals surface area contributed by atoms with E-state index in [-0.39, 0.29) is 12.4 Å². The maximum atomic E-state index is 11.7. The van der Waals surface area contributed by atoms with Crippen molar-refractivity contribution < 1.29 is 9.90 Å². The number of likely N-dealkylation sites (tertiary alicyclic amines) is 1. The second-order valence-electron chi connectivity index (χ2n) is 5.83.